The van der Waals surface area contributed by atoms with E-state index in [2.05, 4.69) is 14.8 Å². The lowest BCUT2D eigenvalue weighted by molar-refractivity contribution is -0.201. The summed E-state index contributed by atoms with van der Waals surface area (Å²) in [4.78, 5) is 26.5. The van der Waals surface area contributed by atoms with Gasteiger partial charge in [-0.3, -0.25) is 4.79 Å². The fraction of sp³-hybridized carbons (Fsp3) is 0.0952. The van der Waals surface area contributed by atoms with Gasteiger partial charge in [-0.2, -0.15) is 22.8 Å². The van der Waals surface area contributed by atoms with E-state index in [0.29, 0.717) is 21.8 Å². The van der Waals surface area contributed by atoms with Crippen molar-refractivity contribution in [2.75, 3.05) is 0 Å². The van der Waals surface area contributed by atoms with Gasteiger partial charge in [-0.15, -0.1) is 0 Å². The Kier molecular flexibility index (Phi) is 5.28. The van der Waals surface area contributed by atoms with Gasteiger partial charge in [0.15, 0.2) is 0 Å². The van der Waals surface area contributed by atoms with Gasteiger partial charge in [0.25, 0.3) is 5.56 Å². The lowest BCUT2D eigenvalue weighted by Crippen LogP contribution is -2.25. The fourth-order valence-electron chi connectivity index (χ4n) is 3.08. The lowest BCUT2D eigenvalue weighted by Gasteiger charge is -2.08. The number of fused-ring (bicyclic) bond motifs is 1. The molecule has 0 aliphatic carbocycles. The number of carbonyl (C=O) groups excluding carboxylic acids is 1. The molecule has 31 heavy (non-hydrogen) atoms. The highest BCUT2D eigenvalue weighted by Gasteiger charge is 2.41. The van der Waals surface area contributed by atoms with Crippen molar-refractivity contribution in [1.29, 1.82) is 0 Å². The Morgan fingerprint density at radius 1 is 1.06 bits per heavy atom. The fourth-order valence-corrected chi connectivity index (χ4v) is 3.21. The number of hydrogen-bond acceptors (Lipinski definition) is 4. The monoisotopic (exact) mass is 447 g/mol. The zero-order valence-corrected chi connectivity index (χ0v) is 16.4. The molecule has 2 aromatic carbocycles. The number of ether oxygens (including phenoxy) is 1. The number of benzene rings is 2. The van der Waals surface area contributed by atoms with E-state index < -0.39 is 24.3 Å². The molecule has 0 bridgehead atoms. The van der Waals surface area contributed by atoms with Gasteiger partial charge in [0.1, 0.15) is 17.9 Å². The Labute approximate surface area is 177 Å². The highest BCUT2D eigenvalue weighted by molar-refractivity contribution is 6.30. The van der Waals surface area contributed by atoms with Gasteiger partial charge in [0.05, 0.1) is 11.3 Å². The highest BCUT2D eigenvalue weighted by Crippen LogP contribution is 2.34. The summed E-state index contributed by atoms with van der Waals surface area (Å²) in [5, 5.41) is 4.93. The van der Waals surface area contributed by atoms with Crippen molar-refractivity contribution in [1.82, 2.24) is 14.6 Å². The molecule has 158 valence electrons. The number of esters is 1. The quantitative estimate of drug-likeness (QED) is 0.463. The van der Waals surface area contributed by atoms with E-state index in [4.69, 9.17) is 11.6 Å². The Morgan fingerprint density at radius 3 is 2.39 bits per heavy atom. The minimum Gasteiger partial charge on any atom is -0.453 e. The van der Waals surface area contributed by atoms with Gasteiger partial charge < -0.3 is 9.72 Å². The van der Waals surface area contributed by atoms with Crippen LogP contribution in [-0.4, -0.2) is 26.7 Å². The molecule has 0 amide bonds. The van der Waals surface area contributed by atoms with Crippen molar-refractivity contribution in [3.63, 3.8) is 0 Å². The third-order valence-corrected chi connectivity index (χ3v) is 4.69. The number of aromatic amines is 1. The SMILES string of the molecule is O=C(OCc1cc(=O)n2nc(-c3ccc(Cl)cc3)c(-c3ccccc3)c2[nH]1)C(F)(F)F. The van der Waals surface area contributed by atoms with Crippen LogP contribution in [0.1, 0.15) is 5.69 Å². The third-order valence-electron chi connectivity index (χ3n) is 4.44. The maximum atomic E-state index is 12.6. The molecule has 0 spiro atoms. The summed E-state index contributed by atoms with van der Waals surface area (Å²) >= 11 is 5.97. The van der Waals surface area contributed by atoms with Gasteiger partial charge in [-0.25, -0.2) is 4.79 Å². The normalized spacial score (nSPS) is 11.6. The Morgan fingerprint density at radius 2 is 1.74 bits per heavy atom. The van der Waals surface area contributed by atoms with Crippen molar-refractivity contribution < 1.29 is 22.7 Å². The first-order chi connectivity index (χ1) is 14.7. The van der Waals surface area contributed by atoms with Crippen LogP contribution in [0.4, 0.5) is 13.2 Å². The summed E-state index contributed by atoms with van der Waals surface area (Å²) in [6.45, 7) is -0.750. The van der Waals surface area contributed by atoms with Crippen molar-refractivity contribution >= 4 is 23.2 Å². The number of nitrogens with zero attached hydrogens (tertiary/aromatic N) is 2. The molecule has 0 saturated carbocycles. The van der Waals surface area contributed by atoms with Crippen LogP contribution >= 0.6 is 11.6 Å². The molecule has 0 radical (unpaired) electrons. The minimum atomic E-state index is -5.13. The van der Waals surface area contributed by atoms with Crippen LogP contribution in [0.3, 0.4) is 0 Å². The van der Waals surface area contributed by atoms with E-state index in [9.17, 15) is 22.8 Å². The average molecular weight is 448 g/mol. The Bertz CT molecular complexity index is 1310. The van der Waals surface area contributed by atoms with Crippen molar-refractivity contribution in [2.45, 2.75) is 12.8 Å². The first-order valence-electron chi connectivity index (χ1n) is 8.94. The molecular weight excluding hydrogens is 435 g/mol. The average Bonchev–Trinajstić information content (AvgIpc) is 3.12. The number of hydrogen-bond donors (Lipinski definition) is 1. The summed E-state index contributed by atoms with van der Waals surface area (Å²) in [7, 11) is 0. The second-order valence-corrected chi connectivity index (χ2v) is 7.00. The van der Waals surface area contributed by atoms with Gasteiger partial charge in [0.2, 0.25) is 0 Å². The van der Waals surface area contributed by atoms with Crippen LogP contribution in [-0.2, 0) is 16.1 Å². The number of carbonyl (C=O) groups is 1. The summed E-state index contributed by atoms with van der Waals surface area (Å²) in [5.74, 6) is -2.34. The van der Waals surface area contributed by atoms with Gasteiger partial charge in [-0.1, -0.05) is 54.1 Å². The van der Waals surface area contributed by atoms with E-state index >= 15 is 0 Å². The van der Waals surface area contributed by atoms with Crippen molar-refractivity contribution in [2.24, 2.45) is 0 Å². The van der Waals surface area contributed by atoms with Gasteiger partial charge in [0, 0.05) is 16.7 Å². The number of nitrogens with one attached hydrogen (secondary N) is 1. The zero-order chi connectivity index (χ0) is 22.2. The molecule has 2 heterocycles. The number of rotatable bonds is 4. The largest absolute Gasteiger partial charge is 0.490 e. The van der Waals surface area contributed by atoms with Crippen LogP contribution < -0.4 is 5.56 Å². The first kappa shape index (κ1) is 20.7. The highest BCUT2D eigenvalue weighted by atomic mass is 35.5. The van der Waals surface area contributed by atoms with E-state index in [1.807, 2.05) is 18.2 Å². The molecule has 2 aromatic heterocycles. The topological polar surface area (TPSA) is 76.5 Å². The molecule has 0 saturated heterocycles. The van der Waals surface area contributed by atoms with Gasteiger partial charge >= 0.3 is 12.1 Å². The molecule has 10 heteroatoms. The summed E-state index contributed by atoms with van der Waals surface area (Å²) in [6, 6.07) is 16.9. The van der Waals surface area contributed by atoms with Crippen LogP contribution in [0.5, 0.6) is 0 Å². The van der Waals surface area contributed by atoms with Crippen LogP contribution in [0.2, 0.25) is 5.02 Å². The van der Waals surface area contributed by atoms with E-state index in [1.54, 1.807) is 36.4 Å². The maximum Gasteiger partial charge on any atom is 0.490 e. The lowest BCUT2D eigenvalue weighted by atomic mass is 10.0. The molecule has 0 atom stereocenters. The third kappa shape index (κ3) is 4.17. The van der Waals surface area contributed by atoms with Crippen molar-refractivity contribution in [3.8, 4) is 22.4 Å². The predicted molar refractivity (Wildman–Crippen MR) is 108 cm³/mol. The molecular formula is C21H13ClF3N3O3. The van der Waals surface area contributed by atoms with E-state index in [1.165, 1.54) is 0 Å². The molecule has 4 rings (SSSR count). The molecule has 0 aliphatic rings. The van der Waals surface area contributed by atoms with Crippen LogP contribution in [0.25, 0.3) is 28.0 Å². The Hall–Kier alpha value is -3.59. The smallest absolute Gasteiger partial charge is 0.453 e. The zero-order valence-electron chi connectivity index (χ0n) is 15.6. The van der Waals surface area contributed by atoms with Crippen molar-refractivity contribution in [3.05, 3.63) is 81.7 Å². The van der Waals surface area contributed by atoms with Crippen LogP contribution in [0, 0.1) is 0 Å². The second kappa shape index (κ2) is 7.92. The standard InChI is InChI=1S/C21H13ClF3N3O3/c22-14-8-6-13(7-9-14)18-17(12-4-2-1-3-5-12)19-26-15(10-16(29)28(19)27-18)11-31-20(30)21(23,24)25/h1-10,26H,11H2. The van der Waals surface area contributed by atoms with E-state index in [-0.39, 0.29) is 11.3 Å². The van der Waals surface area contributed by atoms with Crippen LogP contribution in [0.15, 0.2) is 65.5 Å². The second-order valence-electron chi connectivity index (χ2n) is 6.56. The predicted octanol–water partition coefficient (Wildman–Crippen LogP) is 4.62. The Balaban J connectivity index is 1.87. The molecule has 0 fully saturated rings. The summed E-state index contributed by atoms with van der Waals surface area (Å²) < 4.78 is 42.6. The molecule has 1 N–H and O–H groups in total. The number of halogens is 4. The minimum absolute atomic E-state index is 0.00478. The van der Waals surface area contributed by atoms with Gasteiger partial charge in [-0.05, 0) is 17.7 Å². The summed E-state index contributed by atoms with van der Waals surface area (Å²) in [6.07, 6.45) is -5.13. The molecule has 4 aromatic rings. The first-order valence-corrected chi connectivity index (χ1v) is 9.32. The molecule has 0 unspecified atom stereocenters. The number of aromatic nitrogens is 3. The van der Waals surface area contributed by atoms with E-state index in [0.717, 1.165) is 16.1 Å². The number of H-pyrrole nitrogens is 1. The molecule has 6 nitrogen and oxygen atoms in total. The maximum absolute atomic E-state index is 12.6. The molecule has 0 aliphatic heterocycles. The number of alkyl halides is 3. The summed E-state index contributed by atoms with van der Waals surface area (Å²) in [5.41, 5.74) is 2.10.